The third-order valence-electron chi connectivity index (χ3n) is 5.19. The van der Waals surface area contributed by atoms with Crippen LogP contribution in [0.3, 0.4) is 0 Å². The highest BCUT2D eigenvalue weighted by atomic mass is 32.2. The highest BCUT2D eigenvalue weighted by molar-refractivity contribution is 7.92. The molecule has 0 saturated heterocycles. The Labute approximate surface area is 208 Å². The summed E-state index contributed by atoms with van der Waals surface area (Å²) >= 11 is 0. The van der Waals surface area contributed by atoms with E-state index in [9.17, 15) is 18.5 Å². The molecule has 11 nitrogen and oxygen atoms in total. The second-order valence-corrected chi connectivity index (χ2v) is 9.37. The first-order valence-corrected chi connectivity index (χ1v) is 12.1. The van der Waals surface area contributed by atoms with E-state index >= 15 is 0 Å². The average Bonchev–Trinajstić information content (AvgIpc) is 2.84. The van der Waals surface area contributed by atoms with E-state index in [0.717, 1.165) is 17.2 Å². The fourth-order valence-electron chi connectivity index (χ4n) is 3.41. The number of benzene rings is 3. The van der Waals surface area contributed by atoms with Crippen molar-refractivity contribution in [3.63, 3.8) is 0 Å². The van der Waals surface area contributed by atoms with Crippen LogP contribution >= 0.6 is 0 Å². The first-order valence-electron chi connectivity index (χ1n) is 10.6. The van der Waals surface area contributed by atoms with E-state index < -0.39 is 20.6 Å². The van der Waals surface area contributed by atoms with Crippen molar-refractivity contribution in [2.75, 3.05) is 31.5 Å². The van der Waals surface area contributed by atoms with E-state index in [1.807, 2.05) is 13.0 Å². The number of ether oxygens (including phenoxy) is 3. The number of hydrogen-bond donors (Lipinski definition) is 2. The van der Waals surface area contributed by atoms with Crippen LogP contribution < -0.4 is 24.4 Å². The summed E-state index contributed by atoms with van der Waals surface area (Å²) in [6.07, 6.45) is 1.40. The Kier molecular flexibility index (Phi) is 8.00. The maximum absolute atomic E-state index is 12.9. The van der Waals surface area contributed by atoms with Crippen molar-refractivity contribution >= 4 is 33.3 Å². The molecular weight excluding hydrogens is 488 g/mol. The standard InChI is InChI=1S/C24H26N4O7S/c1-15-6-8-19(16(2)10-15)27-36(31,32)18-7-9-20(21(13-18)28(29)30)26-25-14-17-11-22(33-3)24(35-5)23(12-17)34-4/h6-14,26-27H,1-5H3. The normalized spacial score (nSPS) is 11.2. The molecule has 3 rings (SSSR count). The first-order chi connectivity index (χ1) is 17.1. The molecule has 0 aromatic heterocycles. The van der Waals surface area contributed by atoms with Crippen molar-refractivity contribution < 1.29 is 27.6 Å². The molecule has 0 spiro atoms. The van der Waals surface area contributed by atoms with Crippen LogP contribution in [0.4, 0.5) is 17.1 Å². The van der Waals surface area contributed by atoms with Gasteiger partial charge in [-0.3, -0.25) is 20.3 Å². The number of nitro benzene ring substituents is 1. The van der Waals surface area contributed by atoms with Crippen molar-refractivity contribution in [2.24, 2.45) is 5.10 Å². The van der Waals surface area contributed by atoms with Gasteiger partial charge >= 0.3 is 0 Å². The lowest BCUT2D eigenvalue weighted by atomic mass is 10.1. The zero-order chi connectivity index (χ0) is 26.5. The predicted molar refractivity (Wildman–Crippen MR) is 137 cm³/mol. The van der Waals surface area contributed by atoms with E-state index in [0.29, 0.717) is 28.5 Å². The highest BCUT2D eigenvalue weighted by Gasteiger charge is 2.22. The van der Waals surface area contributed by atoms with Gasteiger partial charge in [-0.05, 0) is 49.7 Å². The predicted octanol–water partition coefficient (Wildman–Crippen LogP) is 4.48. The summed E-state index contributed by atoms with van der Waals surface area (Å²) in [4.78, 5) is 10.7. The molecule has 2 N–H and O–H groups in total. The quantitative estimate of drug-likeness (QED) is 0.229. The van der Waals surface area contributed by atoms with Gasteiger partial charge in [0.1, 0.15) is 5.69 Å². The molecule has 0 bridgehead atoms. The number of methoxy groups -OCH3 is 3. The second kappa shape index (κ2) is 11.0. The molecule has 0 aliphatic carbocycles. The summed E-state index contributed by atoms with van der Waals surface area (Å²) < 4.78 is 44.1. The number of nitro groups is 1. The van der Waals surface area contributed by atoms with Gasteiger partial charge in [0, 0.05) is 11.6 Å². The van der Waals surface area contributed by atoms with Crippen molar-refractivity contribution in [2.45, 2.75) is 18.7 Å². The summed E-state index contributed by atoms with van der Waals surface area (Å²) in [7, 11) is 0.368. The Morgan fingerprint density at radius 1 is 0.917 bits per heavy atom. The second-order valence-electron chi connectivity index (χ2n) is 7.69. The van der Waals surface area contributed by atoms with E-state index in [4.69, 9.17) is 14.2 Å². The molecule has 3 aromatic carbocycles. The number of anilines is 2. The van der Waals surface area contributed by atoms with E-state index in [1.54, 1.807) is 31.2 Å². The summed E-state index contributed by atoms with van der Waals surface area (Å²) in [5.41, 5.74) is 4.81. The van der Waals surface area contributed by atoms with Crippen LogP contribution in [0.5, 0.6) is 17.2 Å². The van der Waals surface area contributed by atoms with Gasteiger partial charge < -0.3 is 14.2 Å². The molecule has 12 heteroatoms. The lowest BCUT2D eigenvalue weighted by Crippen LogP contribution is -2.14. The SMILES string of the molecule is COc1cc(C=NNc2ccc(S(=O)(=O)Nc3ccc(C)cc3C)cc2[N+](=O)[O-])cc(OC)c1OC. The van der Waals surface area contributed by atoms with Gasteiger partial charge in [0.05, 0.1) is 43.1 Å². The van der Waals surface area contributed by atoms with Gasteiger partial charge in [-0.25, -0.2) is 8.42 Å². The van der Waals surface area contributed by atoms with Gasteiger partial charge in [-0.15, -0.1) is 0 Å². The van der Waals surface area contributed by atoms with Crippen LogP contribution in [-0.4, -0.2) is 40.9 Å². The third-order valence-corrected chi connectivity index (χ3v) is 6.55. The molecule has 0 radical (unpaired) electrons. The van der Waals surface area contributed by atoms with Crippen molar-refractivity contribution in [1.82, 2.24) is 0 Å². The van der Waals surface area contributed by atoms with Crippen LogP contribution in [-0.2, 0) is 10.0 Å². The molecule has 0 saturated carbocycles. The van der Waals surface area contributed by atoms with Crippen LogP contribution in [0.2, 0.25) is 0 Å². The minimum atomic E-state index is -4.07. The van der Waals surface area contributed by atoms with E-state index in [-0.39, 0.29) is 10.6 Å². The number of aryl methyl sites for hydroxylation is 2. The number of hydrazone groups is 1. The monoisotopic (exact) mass is 514 g/mol. The number of rotatable bonds is 10. The Hall–Kier alpha value is -4.32. The molecule has 0 amide bonds. The number of sulfonamides is 1. The maximum Gasteiger partial charge on any atom is 0.295 e. The third kappa shape index (κ3) is 5.84. The van der Waals surface area contributed by atoms with Gasteiger partial charge in [0.25, 0.3) is 15.7 Å². The molecule has 0 unspecified atom stereocenters. The Bertz CT molecular complexity index is 1400. The summed E-state index contributed by atoms with van der Waals surface area (Å²) in [5.74, 6) is 1.23. The summed E-state index contributed by atoms with van der Waals surface area (Å²) in [5, 5.41) is 15.7. The molecule has 0 fully saturated rings. The topological polar surface area (TPSA) is 141 Å². The van der Waals surface area contributed by atoms with Crippen molar-refractivity contribution in [3.05, 3.63) is 75.3 Å². The fourth-order valence-corrected chi connectivity index (χ4v) is 4.56. The van der Waals surface area contributed by atoms with Crippen LogP contribution in [0.25, 0.3) is 0 Å². The smallest absolute Gasteiger partial charge is 0.295 e. The van der Waals surface area contributed by atoms with Crippen LogP contribution in [0.1, 0.15) is 16.7 Å². The minimum absolute atomic E-state index is 0.00848. The lowest BCUT2D eigenvalue weighted by Gasteiger charge is -2.13. The zero-order valence-electron chi connectivity index (χ0n) is 20.4. The Morgan fingerprint density at radius 2 is 1.56 bits per heavy atom. The van der Waals surface area contributed by atoms with E-state index in [1.165, 1.54) is 39.7 Å². The number of nitrogens with zero attached hydrogens (tertiary/aromatic N) is 2. The Balaban J connectivity index is 1.87. The van der Waals surface area contributed by atoms with Gasteiger partial charge in [-0.1, -0.05) is 17.7 Å². The van der Waals surface area contributed by atoms with Gasteiger partial charge in [0.2, 0.25) is 5.75 Å². The molecule has 36 heavy (non-hydrogen) atoms. The average molecular weight is 515 g/mol. The van der Waals surface area contributed by atoms with Crippen LogP contribution in [0.15, 0.2) is 58.5 Å². The molecule has 0 aliphatic rings. The number of nitrogens with one attached hydrogen (secondary N) is 2. The zero-order valence-corrected chi connectivity index (χ0v) is 21.2. The van der Waals surface area contributed by atoms with Gasteiger partial charge in [0.15, 0.2) is 11.5 Å². The molecule has 0 atom stereocenters. The summed E-state index contributed by atoms with van der Waals surface area (Å²) in [6.45, 7) is 3.66. The van der Waals surface area contributed by atoms with Crippen molar-refractivity contribution in [1.29, 1.82) is 0 Å². The highest BCUT2D eigenvalue weighted by Crippen LogP contribution is 2.38. The summed E-state index contributed by atoms with van der Waals surface area (Å²) in [6, 6.07) is 12.1. The van der Waals surface area contributed by atoms with Crippen LogP contribution in [0, 0.1) is 24.0 Å². The molecular formula is C24H26N4O7S. The maximum atomic E-state index is 12.9. The minimum Gasteiger partial charge on any atom is -0.493 e. The van der Waals surface area contributed by atoms with Crippen molar-refractivity contribution in [3.8, 4) is 17.2 Å². The largest absolute Gasteiger partial charge is 0.493 e. The van der Waals surface area contributed by atoms with E-state index in [2.05, 4.69) is 15.2 Å². The number of hydrogen-bond acceptors (Lipinski definition) is 9. The molecule has 0 heterocycles. The lowest BCUT2D eigenvalue weighted by molar-refractivity contribution is -0.384. The fraction of sp³-hybridized carbons (Fsp3) is 0.208. The van der Waals surface area contributed by atoms with Gasteiger partial charge in [-0.2, -0.15) is 5.10 Å². The molecule has 190 valence electrons. The molecule has 3 aromatic rings. The Morgan fingerprint density at radius 3 is 2.11 bits per heavy atom. The first kappa shape index (κ1) is 26.3. The molecule has 0 aliphatic heterocycles.